The third-order valence-corrected chi connectivity index (χ3v) is 2.13. The Morgan fingerprint density at radius 2 is 2.12 bits per heavy atom. The quantitative estimate of drug-likeness (QED) is 0.849. The lowest BCUT2D eigenvalue weighted by Gasteiger charge is -2.21. The number of hydrogen-bond donors (Lipinski definition) is 2. The molecule has 1 aromatic carbocycles. The Morgan fingerprint density at radius 1 is 1.47 bits per heavy atom. The van der Waals surface area contributed by atoms with E-state index in [1.807, 2.05) is 20.8 Å². The monoisotopic (exact) mass is 239 g/mol. The van der Waals surface area contributed by atoms with Gasteiger partial charge in [-0.05, 0) is 38.5 Å². The van der Waals surface area contributed by atoms with Crippen molar-refractivity contribution in [2.45, 2.75) is 38.8 Å². The van der Waals surface area contributed by atoms with Gasteiger partial charge in [-0.25, -0.2) is 4.39 Å². The van der Waals surface area contributed by atoms with E-state index in [-0.39, 0.29) is 17.9 Å². The molecule has 17 heavy (non-hydrogen) atoms. The van der Waals surface area contributed by atoms with E-state index in [9.17, 15) is 14.3 Å². The van der Waals surface area contributed by atoms with Crippen molar-refractivity contribution in [2.75, 3.05) is 0 Å². The molecule has 3 nitrogen and oxygen atoms in total. The highest BCUT2D eigenvalue weighted by Gasteiger charge is 2.18. The number of aliphatic hydroxyl groups excluding tert-OH is 1. The Bertz CT molecular complexity index is 399. The lowest BCUT2D eigenvalue weighted by molar-refractivity contribution is -0.124. The van der Waals surface area contributed by atoms with Crippen LogP contribution in [0.25, 0.3) is 0 Å². The number of carbonyl (C=O) groups is 1. The van der Waals surface area contributed by atoms with Crippen LogP contribution in [-0.4, -0.2) is 16.6 Å². The molecular weight excluding hydrogens is 221 g/mol. The first-order valence-corrected chi connectivity index (χ1v) is 5.52. The molecule has 1 amide bonds. The fraction of sp³-hybridized carbons (Fsp3) is 0.462. The van der Waals surface area contributed by atoms with Crippen LogP contribution in [0.1, 0.15) is 38.9 Å². The van der Waals surface area contributed by atoms with Gasteiger partial charge in [-0.2, -0.15) is 0 Å². The average Bonchev–Trinajstić information content (AvgIpc) is 2.14. The van der Waals surface area contributed by atoms with Crippen LogP contribution in [0.15, 0.2) is 24.3 Å². The van der Waals surface area contributed by atoms with E-state index < -0.39 is 11.9 Å². The molecule has 0 bridgehead atoms. The number of amides is 1. The first kappa shape index (κ1) is 13.6. The van der Waals surface area contributed by atoms with Gasteiger partial charge < -0.3 is 10.4 Å². The van der Waals surface area contributed by atoms with Crippen LogP contribution in [0.4, 0.5) is 4.39 Å². The summed E-state index contributed by atoms with van der Waals surface area (Å²) in [5.74, 6) is -0.674. The van der Waals surface area contributed by atoms with E-state index in [0.717, 1.165) is 0 Å². The molecule has 1 unspecified atom stereocenters. The summed E-state index contributed by atoms with van der Waals surface area (Å²) in [6.07, 6.45) is -1.05. The van der Waals surface area contributed by atoms with Gasteiger partial charge in [0.25, 0.3) is 0 Å². The van der Waals surface area contributed by atoms with Crippen molar-refractivity contribution in [3.63, 3.8) is 0 Å². The molecule has 2 N–H and O–H groups in total. The van der Waals surface area contributed by atoms with Gasteiger partial charge in [0.1, 0.15) is 5.82 Å². The zero-order valence-corrected chi connectivity index (χ0v) is 10.3. The topological polar surface area (TPSA) is 49.3 Å². The maximum absolute atomic E-state index is 12.9. The highest BCUT2D eigenvalue weighted by molar-refractivity contribution is 5.77. The third kappa shape index (κ3) is 4.95. The molecule has 0 heterocycles. The smallest absolute Gasteiger partial charge is 0.223 e. The Balaban J connectivity index is 2.61. The Morgan fingerprint density at radius 3 is 2.65 bits per heavy atom. The molecule has 0 aliphatic rings. The van der Waals surface area contributed by atoms with Crippen LogP contribution in [-0.2, 0) is 4.79 Å². The van der Waals surface area contributed by atoms with Gasteiger partial charge in [0.15, 0.2) is 0 Å². The van der Waals surface area contributed by atoms with Crippen molar-refractivity contribution in [3.8, 4) is 0 Å². The van der Waals surface area contributed by atoms with Gasteiger partial charge in [0.05, 0.1) is 12.5 Å². The minimum atomic E-state index is -0.979. The second-order valence-corrected chi connectivity index (χ2v) is 5.07. The molecule has 94 valence electrons. The average molecular weight is 239 g/mol. The van der Waals surface area contributed by atoms with E-state index >= 15 is 0 Å². The molecule has 4 heteroatoms. The van der Waals surface area contributed by atoms with Crippen molar-refractivity contribution in [1.82, 2.24) is 5.32 Å². The number of hydrogen-bond acceptors (Lipinski definition) is 2. The zero-order chi connectivity index (χ0) is 13.1. The fourth-order valence-corrected chi connectivity index (χ4v) is 1.48. The summed E-state index contributed by atoms with van der Waals surface area (Å²) >= 11 is 0. The van der Waals surface area contributed by atoms with Crippen molar-refractivity contribution in [2.24, 2.45) is 0 Å². The first-order valence-electron chi connectivity index (χ1n) is 5.52. The van der Waals surface area contributed by atoms with Gasteiger partial charge >= 0.3 is 0 Å². The summed E-state index contributed by atoms with van der Waals surface area (Å²) in [4.78, 5) is 11.6. The maximum atomic E-state index is 12.9. The van der Waals surface area contributed by atoms with Crippen molar-refractivity contribution >= 4 is 5.91 Å². The molecule has 0 aliphatic heterocycles. The van der Waals surface area contributed by atoms with Crippen LogP contribution < -0.4 is 5.32 Å². The number of aliphatic hydroxyl groups is 1. The molecular formula is C13H18FNO2. The summed E-state index contributed by atoms with van der Waals surface area (Å²) in [5.41, 5.74) is 0.0766. The predicted molar refractivity (Wildman–Crippen MR) is 63.9 cm³/mol. The van der Waals surface area contributed by atoms with E-state index in [1.54, 1.807) is 6.07 Å². The number of halogens is 1. The molecule has 1 rings (SSSR count). The maximum Gasteiger partial charge on any atom is 0.223 e. The first-order chi connectivity index (χ1) is 7.78. The lowest BCUT2D eigenvalue weighted by Crippen LogP contribution is -2.41. The second kappa shape index (κ2) is 5.27. The molecule has 0 spiro atoms. The standard InChI is InChI=1S/C13H18FNO2/c1-13(2,3)15-12(17)8-11(16)9-5-4-6-10(14)7-9/h4-7,11,16H,8H2,1-3H3,(H,15,17). The molecule has 1 atom stereocenters. The van der Waals surface area contributed by atoms with Crippen LogP contribution in [0.5, 0.6) is 0 Å². The van der Waals surface area contributed by atoms with E-state index in [4.69, 9.17) is 0 Å². The minimum absolute atomic E-state index is 0.0687. The molecule has 0 fully saturated rings. The van der Waals surface area contributed by atoms with E-state index in [2.05, 4.69) is 5.32 Å². The minimum Gasteiger partial charge on any atom is -0.388 e. The van der Waals surface area contributed by atoms with Gasteiger partial charge in [0, 0.05) is 5.54 Å². The lowest BCUT2D eigenvalue weighted by atomic mass is 10.0. The second-order valence-electron chi connectivity index (χ2n) is 5.07. The molecule has 0 saturated carbocycles. The Hall–Kier alpha value is -1.42. The normalized spacial score (nSPS) is 13.2. The molecule has 0 saturated heterocycles. The molecule has 1 aromatic rings. The van der Waals surface area contributed by atoms with Gasteiger partial charge in [-0.1, -0.05) is 12.1 Å². The predicted octanol–water partition coefficient (Wildman–Crippen LogP) is 2.16. The highest BCUT2D eigenvalue weighted by Crippen LogP contribution is 2.17. The third-order valence-electron chi connectivity index (χ3n) is 2.13. The van der Waals surface area contributed by atoms with Crippen LogP contribution in [0.2, 0.25) is 0 Å². The summed E-state index contributed by atoms with van der Waals surface area (Å²) in [6, 6.07) is 5.63. The van der Waals surface area contributed by atoms with E-state index in [1.165, 1.54) is 18.2 Å². The van der Waals surface area contributed by atoms with E-state index in [0.29, 0.717) is 5.56 Å². The summed E-state index contributed by atoms with van der Waals surface area (Å²) in [7, 11) is 0. The number of benzene rings is 1. The van der Waals surface area contributed by atoms with Crippen LogP contribution in [0.3, 0.4) is 0 Å². The Labute approximate surface area is 101 Å². The molecule has 0 radical (unpaired) electrons. The summed E-state index contributed by atoms with van der Waals surface area (Å²) < 4.78 is 12.9. The summed E-state index contributed by atoms with van der Waals surface area (Å²) in [5, 5.41) is 12.5. The number of nitrogens with one attached hydrogen (secondary N) is 1. The largest absolute Gasteiger partial charge is 0.388 e. The van der Waals surface area contributed by atoms with Crippen LogP contribution in [0, 0.1) is 5.82 Å². The van der Waals surface area contributed by atoms with Gasteiger partial charge in [-0.3, -0.25) is 4.79 Å². The molecule has 0 aromatic heterocycles. The SMILES string of the molecule is CC(C)(C)NC(=O)CC(O)c1cccc(F)c1. The summed E-state index contributed by atoms with van der Waals surface area (Å²) in [6.45, 7) is 5.58. The highest BCUT2D eigenvalue weighted by atomic mass is 19.1. The fourth-order valence-electron chi connectivity index (χ4n) is 1.48. The van der Waals surface area contributed by atoms with Gasteiger partial charge in [0.2, 0.25) is 5.91 Å². The van der Waals surface area contributed by atoms with Crippen molar-refractivity contribution < 1.29 is 14.3 Å². The van der Waals surface area contributed by atoms with Crippen molar-refractivity contribution in [1.29, 1.82) is 0 Å². The Kier molecular flexibility index (Phi) is 4.23. The van der Waals surface area contributed by atoms with Crippen LogP contribution >= 0.6 is 0 Å². The van der Waals surface area contributed by atoms with Gasteiger partial charge in [-0.15, -0.1) is 0 Å². The number of carbonyl (C=O) groups excluding carboxylic acids is 1. The van der Waals surface area contributed by atoms with Crippen molar-refractivity contribution in [3.05, 3.63) is 35.6 Å². The molecule has 0 aliphatic carbocycles. The number of rotatable bonds is 3. The zero-order valence-electron chi connectivity index (χ0n) is 10.3.